The molecule has 21 heavy (non-hydrogen) atoms. The highest BCUT2D eigenvalue weighted by atomic mass is 32.2. The van der Waals surface area contributed by atoms with Gasteiger partial charge in [-0.05, 0) is 25.8 Å². The molecule has 1 saturated heterocycles. The first kappa shape index (κ1) is 15.7. The number of furan rings is 1. The maximum absolute atomic E-state index is 12.0. The van der Waals surface area contributed by atoms with E-state index in [0.29, 0.717) is 19.4 Å². The summed E-state index contributed by atoms with van der Waals surface area (Å²) in [6.07, 6.45) is 5.85. The van der Waals surface area contributed by atoms with Crippen LogP contribution in [0.3, 0.4) is 0 Å². The smallest absolute Gasteiger partial charge is 0.244 e. The number of carbonyl (C=O) groups excluding carboxylic acids is 1. The zero-order valence-electron chi connectivity index (χ0n) is 11.9. The van der Waals surface area contributed by atoms with Crippen LogP contribution < -0.4 is 5.43 Å². The largest absolute Gasteiger partial charge is 0.472 e. The van der Waals surface area contributed by atoms with Crippen LogP contribution in [0.5, 0.6) is 0 Å². The first-order valence-corrected chi connectivity index (χ1v) is 8.47. The predicted molar refractivity (Wildman–Crippen MR) is 78.2 cm³/mol. The van der Waals surface area contributed by atoms with E-state index in [1.54, 1.807) is 13.0 Å². The Bertz CT molecular complexity index is 595. The third-order valence-corrected chi connectivity index (χ3v) is 5.29. The first-order valence-electron chi connectivity index (χ1n) is 6.86. The first-order chi connectivity index (χ1) is 10.0. The van der Waals surface area contributed by atoms with Gasteiger partial charge in [-0.15, -0.1) is 0 Å². The summed E-state index contributed by atoms with van der Waals surface area (Å²) >= 11 is 0. The molecule has 1 amide bonds. The third kappa shape index (κ3) is 4.15. The Kier molecular flexibility index (Phi) is 5.13. The van der Waals surface area contributed by atoms with Crippen molar-refractivity contribution in [1.29, 1.82) is 0 Å². The number of hydrazone groups is 1. The highest BCUT2D eigenvalue weighted by Crippen LogP contribution is 2.19. The Morgan fingerprint density at radius 2 is 2.43 bits per heavy atom. The number of nitrogens with one attached hydrogen (secondary N) is 1. The molecule has 1 aliphatic rings. The number of nitrogens with zero attached hydrogens (tertiary/aromatic N) is 2. The number of hydrogen-bond donors (Lipinski definition) is 1. The van der Waals surface area contributed by atoms with Gasteiger partial charge in [-0.1, -0.05) is 0 Å². The fourth-order valence-electron chi connectivity index (χ4n) is 2.20. The second kappa shape index (κ2) is 6.86. The molecular weight excluding hydrogens is 294 g/mol. The molecule has 1 N–H and O–H groups in total. The van der Waals surface area contributed by atoms with Crippen LogP contribution in [0.4, 0.5) is 0 Å². The SMILES string of the molecule is CCS(=O)(=O)N1CCCC(C(=O)NN=Cc2ccoc2)C1. The van der Waals surface area contributed by atoms with Crippen molar-refractivity contribution in [1.82, 2.24) is 9.73 Å². The summed E-state index contributed by atoms with van der Waals surface area (Å²) in [6.45, 7) is 2.32. The topological polar surface area (TPSA) is 92.0 Å². The molecule has 1 aromatic rings. The van der Waals surface area contributed by atoms with Crippen LogP contribution in [-0.4, -0.2) is 43.7 Å². The molecule has 0 aromatic carbocycles. The van der Waals surface area contributed by atoms with Gasteiger partial charge >= 0.3 is 0 Å². The predicted octanol–water partition coefficient (Wildman–Crippen LogP) is 0.791. The summed E-state index contributed by atoms with van der Waals surface area (Å²) in [5.74, 6) is -0.563. The van der Waals surface area contributed by atoms with Crippen molar-refractivity contribution >= 4 is 22.1 Å². The quantitative estimate of drug-likeness (QED) is 0.642. The van der Waals surface area contributed by atoms with E-state index >= 15 is 0 Å². The lowest BCUT2D eigenvalue weighted by molar-refractivity contribution is -0.126. The second-order valence-corrected chi connectivity index (χ2v) is 7.15. The van der Waals surface area contributed by atoms with Crippen molar-refractivity contribution in [2.24, 2.45) is 11.0 Å². The lowest BCUT2D eigenvalue weighted by Crippen LogP contribution is -2.45. The standard InChI is InChI=1S/C13H19N3O4S/c1-2-21(18,19)16-6-3-4-12(9-16)13(17)15-14-8-11-5-7-20-10-11/h5,7-8,10,12H,2-4,6,9H2,1H3,(H,15,17). The van der Waals surface area contributed by atoms with Gasteiger partial charge in [0.05, 0.1) is 30.4 Å². The minimum atomic E-state index is -3.24. The van der Waals surface area contributed by atoms with Crippen LogP contribution in [0.25, 0.3) is 0 Å². The molecule has 7 nitrogen and oxygen atoms in total. The van der Waals surface area contributed by atoms with E-state index in [1.807, 2.05) is 0 Å². The van der Waals surface area contributed by atoms with Crippen LogP contribution in [0.1, 0.15) is 25.3 Å². The number of carbonyl (C=O) groups is 1. The summed E-state index contributed by atoms with van der Waals surface area (Å²) in [4.78, 5) is 12.0. The van der Waals surface area contributed by atoms with Crippen LogP contribution in [-0.2, 0) is 14.8 Å². The van der Waals surface area contributed by atoms with Crippen LogP contribution in [0.2, 0.25) is 0 Å². The molecule has 1 unspecified atom stereocenters. The van der Waals surface area contributed by atoms with E-state index in [-0.39, 0.29) is 24.1 Å². The molecule has 2 heterocycles. The van der Waals surface area contributed by atoms with Crippen LogP contribution in [0.15, 0.2) is 28.1 Å². The molecule has 0 radical (unpaired) electrons. The van der Waals surface area contributed by atoms with Gasteiger partial charge in [0.1, 0.15) is 0 Å². The molecule has 0 bridgehead atoms. The van der Waals surface area contributed by atoms with E-state index in [4.69, 9.17) is 4.42 Å². The molecular formula is C13H19N3O4S. The molecule has 0 saturated carbocycles. The maximum atomic E-state index is 12.0. The Labute approximate surface area is 124 Å². The van der Waals surface area contributed by atoms with Crippen molar-refractivity contribution in [3.05, 3.63) is 24.2 Å². The minimum absolute atomic E-state index is 0.0555. The van der Waals surface area contributed by atoms with Crippen LogP contribution in [0, 0.1) is 5.92 Å². The minimum Gasteiger partial charge on any atom is -0.472 e. The Hall–Kier alpha value is -1.67. The lowest BCUT2D eigenvalue weighted by atomic mass is 9.99. The van der Waals surface area contributed by atoms with Gasteiger partial charge in [-0.25, -0.2) is 18.1 Å². The van der Waals surface area contributed by atoms with Gasteiger partial charge in [0.2, 0.25) is 15.9 Å². The monoisotopic (exact) mass is 313 g/mol. The number of hydrogen-bond acceptors (Lipinski definition) is 5. The van der Waals surface area contributed by atoms with E-state index in [9.17, 15) is 13.2 Å². The van der Waals surface area contributed by atoms with Crippen molar-refractivity contribution in [2.45, 2.75) is 19.8 Å². The number of piperidine rings is 1. The van der Waals surface area contributed by atoms with E-state index in [2.05, 4.69) is 10.5 Å². The Balaban J connectivity index is 1.90. The Morgan fingerprint density at radius 3 is 3.10 bits per heavy atom. The van der Waals surface area contributed by atoms with E-state index < -0.39 is 10.0 Å². The van der Waals surface area contributed by atoms with Gasteiger partial charge in [-0.2, -0.15) is 5.10 Å². The average Bonchev–Trinajstić information content (AvgIpc) is 3.00. The maximum Gasteiger partial charge on any atom is 0.244 e. The molecule has 2 rings (SSSR count). The van der Waals surface area contributed by atoms with Crippen molar-refractivity contribution in [3.63, 3.8) is 0 Å². The van der Waals surface area contributed by atoms with E-state index in [0.717, 1.165) is 5.56 Å². The number of amides is 1. The average molecular weight is 313 g/mol. The fraction of sp³-hybridized carbons (Fsp3) is 0.538. The Morgan fingerprint density at radius 1 is 1.62 bits per heavy atom. The van der Waals surface area contributed by atoms with Gasteiger partial charge in [-0.3, -0.25) is 4.79 Å². The van der Waals surface area contributed by atoms with Gasteiger partial charge in [0.25, 0.3) is 0 Å². The molecule has 1 atom stereocenters. The molecule has 0 aliphatic carbocycles. The van der Waals surface area contributed by atoms with Gasteiger partial charge in [0, 0.05) is 18.7 Å². The van der Waals surface area contributed by atoms with E-state index in [1.165, 1.54) is 23.0 Å². The summed E-state index contributed by atoms with van der Waals surface area (Å²) in [7, 11) is -3.24. The lowest BCUT2D eigenvalue weighted by Gasteiger charge is -2.30. The van der Waals surface area contributed by atoms with Crippen molar-refractivity contribution in [3.8, 4) is 0 Å². The molecule has 1 aromatic heterocycles. The highest BCUT2D eigenvalue weighted by Gasteiger charge is 2.31. The molecule has 116 valence electrons. The van der Waals surface area contributed by atoms with Gasteiger partial charge < -0.3 is 4.42 Å². The number of rotatable bonds is 5. The highest BCUT2D eigenvalue weighted by molar-refractivity contribution is 7.89. The van der Waals surface area contributed by atoms with Crippen LogP contribution >= 0.6 is 0 Å². The normalized spacial score (nSPS) is 20.7. The fourth-order valence-corrected chi connectivity index (χ4v) is 3.38. The zero-order chi connectivity index (χ0) is 15.3. The second-order valence-electron chi connectivity index (χ2n) is 4.89. The summed E-state index contributed by atoms with van der Waals surface area (Å²) in [5, 5.41) is 3.84. The van der Waals surface area contributed by atoms with Crippen molar-refractivity contribution < 1.29 is 17.6 Å². The van der Waals surface area contributed by atoms with Crippen molar-refractivity contribution in [2.75, 3.05) is 18.8 Å². The zero-order valence-corrected chi connectivity index (χ0v) is 12.7. The molecule has 0 spiro atoms. The third-order valence-electron chi connectivity index (χ3n) is 3.44. The molecule has 1 aliphatic heterocycles. The van der Waals surface area contributed by atoms with Gasteiger partial charge in [0.15, 0.2) is 0 Å². The summed E-state index contributed by atoms with van der Waals surface area (Å²) in [6, 6.07) is 1.71. The summed E-state index contributed by atoms with van der Waals surface area (Å²) < 4.78 is 30.0. The summed E-state index contributed by atoms with van der Waals surface area (Å²) in [5.41, 5.74) is 3.19. The number of sulfonamides is 1. The molecule has 8 heteroatoms. The molecule has 1 fully saturated rings.